The lowest BCUT2D eigenvalue weighted by molar-refractivity contribution is 0.0199. The van der Waals surface area contributed by atoms with Crippen molar-refractivity contribution in [2.45, 2.75) is 12.1 Å². The van der Waals surface area contributed by atoms with E-state index >= 15 is 0 Å². The number of aromatic nitrogens is 3. The Hall–Kier alpha value is -2.43. The zero-order valence-corrected chi connectivity index (χ0v) is 11.4. The van der Waals surface area contributed by atoms with Gasteiger partial charge < -0.3 is 35.3 Å². The highest BCUT2D eigenvalue weighted by molar-refractivity contribution is 5.79. The molecule has 1 atom stereocenters. The summed E-state index contributed by atoms with van der Waals surface area (Å²) in [6, 6.07) is -0.867. The third-order valence-corrected chi connectivity index (χ3v) is 3.03. The number of rotatable bonds is 6. The first kappa shape index (κ1) is 15.9. The SMILES string of the molecule is O=C(NC(CO)c1c[nH]c2c(=O)[nH]cnc12)OC(CO)CO. The van der Waals surface area contributed by atoms with Crippen molar-refractivity contribution in [3.8, 4) is 0 Å². The fourth-order valence-electron chi connectivity index (χ4n) is 1.92. The maximum atomic E-state index is 11.7. The summed E-state index contributed by atoms with van der Waals surface area (Å²) in [5.74, 6) is 0. The molecule has 120 valence electrons. The molecule has 10 nitrogen and oxygen atoms in total. The Kier molecular flexibility index (Phi) is 5.09. The van der Waals surface area contributed by atoms with E-state index in [1.807, 2.05) is 0 Å². The second kappa shape index (κ2) is 7.02. The van der Waals surface area contributed by atoms with Crippen molar-refractivity contribution in [2.75, 3.05) is 19.8 Å². The first-order valence-corrected chi connectivity index (χ1v) is 6.45. The zero-order chi connectivity index (χ0) is 16.1. The van der Waals surface area contributed by atoms with Gasteiger partial charge in [0.1, 0.15) is 17.1 Å². The Morgan fingerprint density at radius 2 is 2.00 bits per heavy atom. The largest absolute Gasteiger partial charge is 0.441 e. The number of aromatic amines is 2. The van der Waals surface area contributed by atoms with Crippen LogP contribution in [0, 0.1) is 0 Å². The Balaban J connectivity index is 2.19. The van der Waals surface area contributed by atoms with Gasteiger partial charge in [0.05, 0.1) is 32.2 Å². The van der Waals surface area contributed by atoms with Crippen molar-refractivity contribution in [1.82, 2.24) is 20.3 Å². The molecule has 0 aliphatic heterocycles. The van der Waals surface area contributed by atoms with Crippen molar-refractivity contribution in [3.63, 3.8) is 0 Å². The molecule has 1 amide bonds. The molecule has 0 saturated carbocycles. The summed E-state index contributed by atoms with van der Waals surface area (Å²) in [5, 5.41) is 29.5. The van der Waals surface area contributed by atoms with E-state index in [0.29, 0.717) is 11.1 Å². The van der Waals surface area contributed by atoms with Crippen molar-refractivity contribution >= 4 is 17.1 Å². The van der Waals surface area contributed by atoms with Crippen LogP contribution in [0.5, 0.6) is 0 Å². The zero-order valence-electron chi connectivity index (χ0n) is 11.4. The fraction of sp³-hybridized carbons (Fsp3) is 0.417. The van der Waals surface area contributed by atoms with E-state index < -0.39 is 38.1 Å². The number of nitrogens with one attached hydrogen (secondary N) is 3. The van der Waals surface area contributed by atoms with E-state index in [0.717, 1.165) is 0 Å². The van der Waals surface area contributed by atoms with E-state index in [-0.39, 0.29) is 11.1 Å². The average molecular weight is 312 g/mol. The monoisotopic (exact) mass is 312 g/mol. The summed E-state index contributed by atoms with van der Waals surface area (Å²) in [4.78, 5) is 32.4. The number of amides is 1. The molecule has 0 aliphatic carbocycles. The molecule has 0 aromatic carbocycles. The maximum Gasteiger partial charge on any atom is 0.408 e. The van der Waals surface area contributed by atoms with Crippen LogP contribution in [0.2, 0.25) is 0 Å². The van der Waals surface area contributed by atoms with Gasteiger partial charge in [0.15, 0.2) is 0 Å². The summed E-state index contributed by atoms with van der Waals surface area (Å²) in [6.45, 7) is -1.52. The molecule has 2 heterocycles. The Labute approximate surface area is 123 Å². The standard InChI is InChI=1S/C12H16N4O6/c17-2-6(3-18)22-12(21)16-8(4-19)7-1-13-10-9(7)14-5-15-11(10)20/h1,5-6,8,13,17-19H,2-4H2,(H,16,21)(H,14,15,20). The van der Waals surface area contributed by atoms with Gasteiger partial charge in [-0.05, 0) is 0 Å². The Bertz CT molecular complexity index is 692. The van der Waals surface area contributed by atoms with E-state index in [1.165, 1.54) is 12.5 Å². The molecule has 0 bridgehead atoms. The lowest BCUT2D eigenvalue weighted by Gasteiger charge is -2.18. The third kappa shape index (κ3) is 3.24. The second-order valence-corrected chi connectivity index (χ2v) is 4.47. The Morgan fingerprint density at radius 3 is 2.64 bits per heavy atom. The van der Waals surface area contributed by atoms with E-state index in [4.69, 9.17) is 14.9 Å². The maximum absolute atomic E-state index is 11.7. The topological polar surface area (TPSA) is 161 Å². The van der Waals surface area contributed by atoms with Crippen LogP contribution in [0.25, 0.3) is 11.0 Å². The second-order valence-electron chi connectivity index (χ2n) is 4.47. The van der Waals surface area contributed by atoms with Crippen LogP contribution in [0.15, 0.2) is 17.3 Å². The van der Waals surface area contributed by atoms with E-state index in [2.05, 4.69) is 20.3 Å². The summed E-state index contributed by atoms with van der Waals surface area (Å²) in [6.07, 6.45) is 0.681. The molecule has 0 aliphatic rings. The summed E-state index contributed by atoms with van der Waals surface area (Å²) >= 11 is 0. The molecular weight excluding hydrogens is 296 g/mol. The molecule has 0 radical (unpaired) electrons. The van der Waals surface area contributed by atoms with Crippen molar-refractivity contribution in [3.05, 3.63) is 28.4 Å². The van der Waals surface area contributed by atoms with Crippen LogP contribution in [0.1, 0.15) is 11.6 Å². The number of hydrogen-bond acceptors (Lipinski definition) is 7. The van der Waals surface area contributed by atoms with Gasteiger partial charge in [0, 0.05) is 11.8 Å². The number of carbonyl (C=O) groups is 1. The molecule has 2 aromatic rings. The Morgan fingerprint density at radius 1 is 1.27 bits per heavy atom. The number of hydrogen-bond donors (Lipinski definition) is 6. The number of carbonyl (C=O) groups excluding carboxylic acids is 1. The van der Waals surface area contributed by atoms with Crippen molar-refractivity contribution in [2.24, 2.45) is 0 Å². The minimum atomic E-state index is -1.05. The van der Waals surface area contributed by atoms with Gasteiger partial charge in [-0.25, -0.2) is 9.78 Å². The van der Waals surface area contributed by atoms with Gasteiger partial charge >= 0.3 is 6.09 Å². The normalized spacial score (nSPS) is 12.5. The number of fused-ring (bicyclic) bond motifs is 1. The summed E-state index contributed by atoms with van der Waals surface area (Å²) in [5.41, 5.74) is 0.555. The minimum absolute atomic E-state index is 0.217. The smallest absolute Gasteiger partial charge is 0.408 e. The van der Waals surface area contributed by atoms with Crippen LogP contribution in [0.3, 0.4) is 0 Å². The number of aliphatic hydroxyl groups excluding tert-OH is 3. The van der Waals surface area contributed by atoms with Crippen molar-refractivity contribution < 1.29 is 24.9 Å². The van der Waals surface area contributed by atoms with Gasteiger partial charge in [-0.2, -0.15) is 0 Å². The molecule has 10 heteroatoms. The molecule has 0 fully saturated rings. The van der Waals surface area contributed by atoms with Crippen LogP contribution in [-0.4, -0.2) is 62.3 Å². The predicted molar refractivity (Wildman–Crippen MR) is 74.1 cm³/mol. The van der Waals surface area contributed by atoms with Crippen molar-refractivity contribution in [1.29, 1.82) is 0 Å². The lowest BCUT2D eigenvalue weighted by atomic mass is 10.1. The molecule has 6 N–H and O–H groups in total. The molecule has 2 aromatic heterocycles. The highest BCUT2D eigenvalue weighted by atomic mass is 16.6. The number of nitrogens with zero attached hydrogens (tertiary/aromatic N) is 1. The molecular formula is C12H16N4O6. The van der Waals surface area contributed by atoms with Gasteiger partial charge in [-0.15, -0.1) is 0 Å². The number of ether oxygens (including phenoxy) is 1. The third-order valence-electron chi connectivity index (χ3n) is 3.03. The molecule has 0 saturated heterocycles. The van der Waals surface area contributed by atoms with Crippen LogP contribution in [-0.2, 0) is 4.74 Å². The highest BCUT2D eigenvalue weighted by Crippen LogP contribution is 2.19. The predicted octanol–water partition coefficient (Wildman–Crippen LogP) is -1.64. The van der Waals surface area contributed by atoms with Gasteiger partial charge in [0.2, 0.25) is 0 Å². The quantitative estimate of drug-likeness (QED) is 0.373. The minimum Gasteiger partial charge on any atom is -0.441 e. The van der Waals surface area contributed by atoms with Gasteiger partial charge in [-0.3, -0.25) is 4.79 Å². The first-order chi connectivity index (χ1) is 10.6. The van der Waals surface area contributed by atoms with Crippen LogP contribution >= 0.6 is 0 Å². The van der Waals surface area contributed by atoms with Crippen LogP contribution in [0.4, 0.5) is 4.79 Å². The number of aliphatic hydroxyl groups is 3. The van der Waals surface area contributed by atoms with E-state index in [9.17, 15) is 14.7 Å². The molecule has 0 spiro atoms. The van der Waals surface area contributed by atoms with Gasteiger partial charge in [0.25, 0.3) is 5.56 Å². The summed E-state index contributed by atoms with van der Waals surface area (Å²) < 4.78 is 4.76. The number of H-pyrrole nitrogens is 2. The lowest BCUT2D eigenvalue weighted by Crippen LogP contribution is -2.36. The molecule has 22 heavy (non-hydrogen) atoms. The van der Waals surface area contributed by atoms with E-state index in [1.54, 1.807) is 0 Å². The molecule has 1 unspecified atom stereocenters. The fourth-order valence-corrected chi connectivity index (χ4v) is 1.92. The first-order valence-electron chi connectivity index (χ1n) is 6.45. The highest BCUT2D eigenvalue weighted by Gasteiger charge is 2.21. The average Bonchev–Trinajstić information content (AvgIpc) is 2.95. The van der Waals surface area contributed by atoms with Gasteiger partial charge in [-0.1, -0.05) is 0 Å². The number of alkyl carbamates (subject to hydrolysis) is 1. The van der Waals surface area contributed by atoms with Crippen LogP contribution < -0.4 is 10.9 Å². The summed E-state index contributed by atoms with van der Waals surface area (Å²) in [7, 11) is 0. The molecule has 2 rings (SSSR count).